The highest BCUT2D eigenvalue weighted by Gasteiger charge is 2.30. The number of hydrogen-bond acceptors (Lipinski definition) is 2. The third kappa shape index (κ3) is 4.84. The average Bonchev–Trinajstić information content (AvgIpc) is 2.39. The quantitative estimate of drug-likeness (QED) is 0.775. The Labute approximate surface area is 111 Å². The molecule has 0 saturated carbocycles. The molecule has 0 aromatic heterocycles. The van der Waals surface area contributed by atoms with Crippen LogP contribution in [0, 0.1) is 0 Å². The zero-order valence-electron chi connectivity index (χ0n) is 11.0. The summed E-state index contributed by atoms with van der Waals surface area (Å²) in [5.74, 6) is 0. The lowest BCUT2D eigenvalue weighted by Gasteiger charge is -2.32. The first-order valence-corrected chi connectivity index (χ1v) is 6.33. The highest BCUT2D eigenvalue weighted by molar-refractivity contribution is 5.25. The van der Waals surface area contributed by atoms with E-state index in [1.165, 1.54) is 0 Å². The fourth-order valence-electron chi connectivity index (χ4n) is 2.14. The van der Waals surface area contributed by atoms with Crippen LogP contribution in [0.25, 0.3) is 0 Å². The molecular formula is C14H20F3NO. The van der Waals surface area contributed by atoms with Crippen molar-refractivity contribution >= 4 is 0 Å². The van der Waals surface area contributed by atoms with E-state index in [4.69, 9.17) is 10.5 Å². The minimum atomic E-state index is -4.27. The van der Waals surface area contributed by atoms with Crippen LogP contribution < -0.4 is 5.73 Å². The first-order chi connectivity index (χ1) is 8.93. The number of benzene rings is 1. The molecule has 0 heterocycles. The van der Waals surface area contributed by atoms with Gasteiger partial charge in [-0.15, -0.1) is 0 Å². The van der Waals surface area contributed by atoms with Gasteiger partial charge in [-0.2, -0.15) is 13.2 Å². The number of hydrogen-bond donors (Lipinski definition) is 1. The van der Waals surface area contributed by atoms with Crippen molar-refractivity contribution in [2.24, 2.45) is 5.73 Å². The first-order valence-electron chi connectivity index (χ1n) is 6.33. The van der Waals surface area contributed by atoms with Gasteiger partial charge in [0, 0.05) is 18.6 Å². The summed E-state index contributed by atoms with van der Waals surface area (Å²) in [5, 5.41) is 0. The van der Waals surface area contributed by atoms with E-state index in [-0.39, 0.29) is 12.0 Å². The van der Waals surface area contributed by atoms with Crippen molar-refractivity contribution in [2.75, 3.05) is 19.8 Å². The number of nitrogens with two attached hydrogens (primary N) is 1. The number of rotatable bonds is 7. The molecule has 0 aliphatic rings. The minimum absolute atomic E-state index is 0.0550. The summed E-state index contributed by atoms with van der Waals surface area (Å²) in [4.78, 5) is 0. The first kappa shape index (κ1) is 16.0. The Kier molecular flexibility index (Phi) is 5.82. The summed E-state index contributed by atoms with van der Waals surface area (Å²) in [6.07, 6.45) is -3.02. The monoisotopic (exact) mass is 275 g/mol. The van der Waals surface area contributed by atoms with Crippen LogP contribution in [0.4, 0.5) is 13.2 Å². The summed E-state index contributed by atoms with van der Waals surface area (Å²) in [7, 11) is 0. The van der Waals surface area contributed by atoms with Crippen LogP contribution in [0.15, 0.2) is 30.3 Å². The van der Waals surface area contributed by atoms with E-state index in [1.807, 2.05) is 37.3 Å². The zero-order valence-corrected chi connectivity index (χ0v) is 11.0. The molecule has 19 heavy (non-hydrogen) atoms. The van der Waals surface area contributed by atoms with E-state index in [0.29, 0.717) is 13.0 Å². The second-order valence-corrected chi connectivity index (χ2v) is 4.62. The second kappa shape index (κ2) is 6.91. The molecule has 1 atom stereocenters. The molecule has 1 rings (SSSR count). The van der Waals surface area contributed by atoms with Gasteiger partial charge in [-0.05, 0) is 18.4 Å². The molecule has 2 nitrogen and oxygen atoms in total. The van der Waals surface area contributed by atoms with Gasteiger partial charge in [-0.1, -0.05) is 37.3 Å². The van der Waals surface area contributed by atoms with Crippen LogP contribution >= 0.6 is 0 Å². The molecule has 108 valence electrons. The van der Waals surface area contributed by atoms with E-state index in [1.54, 1.807) is 0 Å². The van der Waals surface area contributed by atoms with Gasteiger partial charge in [0.25, 0.3) is 0 Å². The van der Waals surface area contributed by atoms with Crippen LogP contribution in [0.2, 0.25) is 0 Å². The third-order valence-electron chi connectivity index (χ3n) is 3.44. The zero-order chi connectivity index (χ0) is 14.4. The average molecular weight is 275 g/mol. The van der Waals surface area contributed by atoms with Crippen molar-refractivity contribution < 1.29 is 17.9 Å². The molecule has 1 aromatic carbocycles. The van der Waals surface area contributed by atoms with Crippen LogP contribution in [0.5, 0.6) is 0 Å². The van der Waals surface area contributed by atoms with Gasteiger partial charge in [0.05, 0.1) is 0 Å². The lowest BCUT2D eigenvalue weighted by molar-refractivity contribution is -0.174. The molecule has 0 aliphatic heterocycles. The highest BCUT2D eigenvalue weighted by atomic mass is 19.4. The van der Waals surface area contributed by atoms with Crippen LogP contribution in [0.3, 0.4) is 0 Å². The predicted molar refractivity (Wildman–Crippen MR) is 69.0 cm³/mol. The Balaban J connectivity index is 2.63. The summed E-state index contributed by atoms with van der Waals surface area (Å²) < 4.78 is 40.7. The van der Waals surface area contributed by atoms with Crippen LogP contribution in [-0.2, 0) is 10.2 Å². The Morgan fingerprint density at radius 1 is 1.16 bits per heavy atom. The smallest absolute Gasteiger partial charge is 0.372 e. The van der Waals surface area contributed by atoms with Crippen molar-refractivity contribution in [2.45, 2.75) is 31.4 Å². The van der Waals surface area contributed by atoms with Crippen molar-refractivity contribution in [3.63, 3.8) is 0 Å². The minimum Gasteiger partial charge on any atom is -0.372 e. The summed E-state index contributed by atoms with van der Waals surface area (Å²) in [5.41, 5.74) is 6.58. The van der Waals surface area contributed by atoms with Crippen LogP contribution in [0.1, 0.15) is 25.3 Å². The Morgan fingerprint density at radius 3 is 2.26 bits per heavy atom. The van der Waals surface area contributed by atoms with Crippen LogP contribution in [-0.4, -0.2) is 25.9 Å². The van der Waals surface area contributed by atoms with E-state index < -0.39 is 12.8 Å². The molecular weight excluding hydrogens is 255 g/mol. The van der Waals surface area contributed by atoms with Gasteiger partial charge in [-0.25, -0.2) is 0 Å². The maximum atomic E-state index is 12.0. The Morgan fingerprint density at radius 2 is 1.79 bits per heavy atom. The molecule has 0 amide bonds. The molecule has 0 bridgehead atoms. The molecule has 2 N–H and O–H groups in total. The predicted octanol–water partition coefficient (Wildman–Crippen LogP) is 3.26. The van der Waals surface area contributed by atoms with E-state index in [0.717, 1.165) is 12.0 Å². The molecule has 0 saturated heterocycles. The molecule has 1 aromatic rings. The maximum Gasteiger partial charge on any atom is 0.411 e. The van der Waals surface area contributed by atoms with Crippen molar-refractivity contribution in [3.05, 3.63) is 35.9 Å². The summed E-state index contributed by atoms with van der Waals surface area (Å²) >= 11 is 0. The van der Waals surface area contributed by atoms with Crippen molar-refractivity contribution in [1.82, 2.24) is 0 Å². The van der Waals surface area contributed by atoms with Gasteiger partial charge in [0.15, 0.2) is 0 Å². The van der Waals surface area contributed by atoms with Gasteiger partial charge in [0.2, 0.25) is 0 Å². The molecule has 1 unspecified atom stereocenters. The third-order valence-corrected chi connectivity index (χ3v) is 3.44. The lowest BCUT2D eigenvalue weighted by atomic mass is 9.75. The van der Waals surface area contributed by atoms with Crippen molar-refractivity contribution in [1.29, 1.82) is 0 Å². The standard InChI is InChI=1S/C14H20F3NO/c1-2-13(10-18,12-6-4-3-5-7-12)8-9-19-11-14(15,16)17/h3-7H,2,8-11,18H2,1H3. The van der Waals surface area contributed by atoms with Gasteiger partial charge < -0.3 is 10.5 Å². The van der Waals surface area contributed by atoms with E-state index in [9.17, 15) is 13.2 Å². The van der Waals surface area contributed by atoms with E-state index >= 15 is 0 Å². The SMILES string of the molecule is CCC(CN)(CCOCC(F)(F)F)c1ccccc1. The Bertz CT molecular complexity index is 361. The van der Waals surface area contributed by atoms with Gasteiger partial charge >= 0.3 is 6.18 Å². The van der Waals surface area contributed by atoms with Crippen molar-refractivity contribution in [3.8, 4) is 0 Å². The van der Waals surface area contributed by atoms with Gasteiger partial charge in [0.1, 0.15) is 6.61 Å². The molecule has 0 aliphatic carbocycles. The number of halogens is 3. The lowest BCUT2D eigenvalue weighted by Crippen LogP contribution is -2.36. The summed E-state index contributed by atoms with van der Waals surface area (Å²) in [6.45, 7) is 1.23. The highest BCUT2D eigenvalue weighted by Crippen LogP contribution is 2.30. The maximum absolute atomic E-state index is 12.0. The number of alkyl halides is 3. The molecule has 0 radical (unpaired) electrons. The Hall–Kier alpha value is -1.07. The second-order valence-electron chi connectivity index (χ2n) is 4.62. The summed E-state index contributed by atoms with van der Waals surface area (Å²) in [6, 6.07) is 9.64. The van der Waals surface area contributed by atoms with Gasteiger partial charge in [-0.3, -0.25) is 0 Å². The number of ether oxygens (including phenoxy) is 1. The molecule has 0 spiro atoms. The molecule has 0 fully saturated rings. The molecule has 5 heteroatoms. The topological polar surface area (TPSA) is 35.2 Å². The normalized spacial score (nSPS) is 15.2. The van der Waals surface area contributed by atoms with E-state index in [2.05, 4.69) is 0 Å². The fourth-order valence-corrected chi connectivity index (χ4v) is 2.14. The fraction of sp³-hybridized carbons (Fsp3) is 0.571. The largest absolute Gasteiger partial charge is 0.411 e.